The number of hydrogen-bond acceptors (Lipinski definition) is 3. The molecule has 0 aliphatic carbocycles. The van der Waals surface area contributed by atoms with Gasteiger partial charge in [0.1, 0.15) is 18.1 Å². The molecule has 1 aromatic rings. The van der Waals surface area contributed by atoms with Gasteiger partial charge in [-0.25, -0.2) is 4.39 Å². The number of carbonyl (C=O) groups excluding carboxylic acids is 1. The monoisotopic (exact) mass is 283 g/mol. The highest BCUT2D eigenvalue weighted by atomic mass is 19.1. The minimum atomic E-state index is -1.07. The molecule has 0 spiro atoms. The fourth-order valence-corrected chi connectivity index (χ4v) is 1.89. The summed E-state index contributed by atoms with van der Waals surface area (Å²) >= 11 is 0. The van der Waals surface area contributed by atoms with Gasteiger partial charge in [-0.3, -0.25) is 9.59 Å². The summed E-state index contributed by atoms with van der Waals surface area (Å²) in [4.78, 5) is 24.1. The summed E-state index contributed by atoms with van der Waals surface area (Å²) in [6, 6.07) is 3.91. The first-order chi connectivity index (χ1) is 9.47. The Kier molecular flexibility index (Phi) is 5.96. The van der Waals surface area contributed by atoms with E-state index in [1.807, 2.05) is 6.92 Å². The number of aliphatic carboxylic acids is 1. The van der Waals surface area contributed by atoms with E-state index in [0.717, 1.165) is 0 Å². The van der Waals surface area contributed by atoms with Crippen LogP contribution in [0.2, 0.25) is 0 Å². The second-order valence-electron chi connectivity index (χ2n) is 4.34. The quantitative estimate of drug-likeness (QED) is 0.827. The Labute approximate surface area is 117 Å². The van der Waals surface area contributed by atoms with Crippen molar-refractivity contribution in [3.05, 3.63) is 29.6 Å². The molecular formula is C14H18FNO4. The largest absolute Gasteiger partial charge is 0.496 e. The summed E-state index contributed by atoms with van der Waals surface area (Å²) < 4.78 is 18.3. The van der Waals surface area contributed by atoms with Crippen molar-refractivity contribution >= 4 is 11.9 Å². The molecule has 0 unspecified atom stereocenters. The molecule has 1 amide bonds. The van der Waals surface area contributed by atoms with Gasteiger partial charge in [-0.2, -0.15) is 0 Å². The number of benzene rings is 1. The van der Waals surface area contributed by atoms with E-state index >= 15 is 0 Å². The third-order valence-electron chi connectivity index (χ3n) is 2.76. The molecule has 0 bridgehead atoms. The zero-order valence-corrected chi connectivity index (χ0v) is 11.6. The average Bonchev–Trinajstić information content (AvgIpc) is 2.38. The van der Waals surface area contributed by atoms with Gasteiger partial charge >= 0.3 is 5.97 Å². The van der Waals surface area contributed by atoms with Crippen LogP contribution < -0.4 is 4.74 Å². The van der Waals surface area contributed by atoms with Gasteiger partial charge in [-0.15, -0.1) is 0 Å². The predicted octanol–water partition coefficient (Wildman–Crippen LogP) is 1.70. The van der Waals surface area contributed by atoms with Gasteiger partial charge in [0, 0.05) is 12.1 Å². The molecule has 0 aromatic heterocycles. The van der Waals surface area contributed by atoms with E-state index in [1.54, 1.807) is 0 Å². The fraction of sp³-hybridized carbons (Fsp3) is 0.429. The topological polar surface area (TPSA) is 66.8 Å². The van der Waals surface area contributed by atoms with Crippen molar-refractivity contribution in [2.24, 2.45) is 0 Å². The summed E-state index contributed by atoms with van der Waals surface area (Å²) in [5, 5.41) is 8.79. The van der Waals surface area contributed by atoms with E-state index in [1.165, 1.54) is 30.2 Å². The Morgan fingerprint density at radius 1 is 1.40 bits per heavy atom. The lowest BCUT2D eigenvalue weighted by Crippen LogP contribution is -2.37. The molecule has 0 atom stereocenters. The van der Waals surface area contributed by atoms with Crippen molar-refractivity contribution < 1.29 is 23.8 Å². The minimum absolute atomic E-state index is 0.0891. The normalized spacial score (nSPS) is 10.2. The van der Waals surface area contributed by atoms with E-state index in [4.69, 9.17) is 9.84 Å². The summed E-state index contributed by atoms with van der Waals surface area (Å²) in [6.45, 7) is 1.85. The zero-order valence-electron chi connectivity index (χ0n) is 11.6. The maximum Gasteiger partial charge on any atom is 0.323 e. The molecule has 1 rings (SSSR count). The predicted molar refractivity (Wildman–Crippen MR) is 71.2 cm³/mol. The van der Waals surface area contributed by atoms with Gasteiger partial charge in [-0.05, 0) is 24.6 Å². The molecule has 110 valence electrons. The van der Waals surface area contributed by atoms with Crippen molar-refractivity contribution in [3.63, 3.8) is 0 Å². The zero-order chi connectivity index (χ0) is 15.1. The standard InChI is InChI=1S/C14H18FNO4/c1-3-6-16(9-14(18)19)13(17)8-10-7-11(15)4-5-12(10)20-2/h4-5,7H,3,6,8-9H2,1-2H3,(H,18,19). The maximum atomic E-state index is 13.2. The van der Waals surface area contributed by atoms with Crippen LogP contribution in [0.15, 0.2) is 18.2 Å². The second kappa shape index (κ2) is 7.47. The number of carboxylic acids is 1. The number of rotatable bonds is 7. The van der Waals surface area contributed by atoms with Gasteiger partial charge in [0.25, 0.3) is 0 Å². The highest BCUT2D eigenvalue weighted by molar-refractivity contribution is 5.83. The van der Waals surface area contributed by atoms with Crippen LogP contribution in [0, 0.1) is 5.82 Å². The van der Waals surface area contributed by atoms with Crippen LogP contribution in [0.3, 0.4) is 0 Å². The summed E-state index contributed by atoms with van der Waals surface area (Å²) in [7, 11) is 1.43. The number of amides is 1. The molecule has 0 saturated carbocycles. The molecule has 0 aliphatic heterocycles. The van der Waals surface area contributed by atoms with E-state index in [-0.39, 0.29) is 18.9 Å². The highest BCUT2D eigenvalue weighted by Crippen LogP contribution is 2.20. The van der Waals surface area contributed by atoms with Gasteiger partial charge in [0.05, 0.1) is 13.5 Å². The van der Waals surface area contributed by atoms with Crippen molar-refractivity contribution in [3.8, 4) is 5.75 Å². The molecule has 0 aliphatic rings. The smallest absolute Gasteiger partial charge is 0.323 e. The molecular weight excluding hydrogens is 265 g/mol. The first kappa shape index (κ1) is 15.9. The minimum Gasteiger partial charge on any atom is -0.496 e. The molecule has 0 heterocycles. The molecule has 0 saturated heterocycles. The lowest BCUT2D eigenvalue weighted by Gasteiger charge is -2.20. The van der Waals surface area contributed by atoms with E-state index in [2.05, 4.69) is 0 Å². The van der Waals surface area contributed by atoms with Gasteiger partial charge in [-0.1, -0.05) is 6.92 Å². The molecule has 1 N–H and O–H groups in total. The Hall–Kier alpha value is -2.11. The average molecular weight is 283 g/mol. The van der Waals surface area contributed by atoms with Crippen molar-refractivity contribution in [2.45, 2.75) is 19.8 Å². The molecule has 0 fully saturated rings. The van der Waals surface area contributed by atoms with Gasteiger partial charge < -0.3 is 14.7 Å². The number of hydrogen-bond donors (Lipinski definition) is 1. The highest BCUT2D eigenvalue weighted by Gasteiger charge is 2.18. The van der Waals surface area contributed by atoms with Crippen LogP contribution in [0.1, 0.15) is 18.9 Å². The lowest BCUT2D eigenvalue weighted by atomic mass is 10.1. The summed E-state index contributed by atoms with van der Waals surface area (Å²) in [5.74, 6) is -1.49. The van der Waals surface area contributed by atoms with E-state index in [9.17, 15) is 14.0 Å². The number of carbonyl (C=O) groups is 2. The third kappa shape index (κ3) is 4.53. The van der Waals surface area contributed by atoms with E-state index < -0.39 is 11.8 Å². The number of halogens is 1. The molecule has 5 nitrogen and oxygen atoms in total. The fourth-order valence-electron chi connectivity index (χ4n) is 1.89. The van der Waals surface area contributed by atoms with Crippen LogP contribution in [0.5, 0.6) is 5.75 Å². The number of nitrogens with zero attached hydrogens (tertiary/aromatic N) is 1. The molecule has 20 heavy (non-hydrogen) atoms. The van der Waals surface area contributed by atoms with Crippen LogP contribution >= 0.6 is 0 Å². The molecule has 1 aromatic carbocycles. The molecule has 0 radical (unpaired) electrons. The summed E-state index contributed by atoms with van der Waals surface area (Å²) in [5.41, 5.74) is 0.406. The number of methoxy groups -OCH3 is 1. The SMILES string of the molecule is CCCN(CC(=O)O)C(=O)Cc1cc(F)ccc1OC. The Bertz CT molecular complexity index is 490. The van der Waals surface area contributed by atoms with Crippen LogP contribution in [-0.2, 0) is 16.0 Å². The van der Waals surface area contributed by atoms with Crippen molar-refractivity contribution in [2.75, 3.05) is 20.2 Å². The Morgan fingerprint density at radius 3 is 2.65 bits per heavy atom. The van der Waals surface area contributed by atoms with E-state index in [0.29, 0.717) is 24.3 Å². The van der Waals surface area contributed by atoms with Gasteiger partial charge in [0.2, 0.25) is 5.91 Å². The lowest BCUT2D eigenvalue weighted by molar-refractivity contribution is -0.144. The molecule has 6 heteroatoms. The van der Waals surface area contributed by atoms with Gasteiger partial charge in [0.15, 0.2) is 0 Å². The second-order valence-corrected chi connectivity index (χ2v) is 4.34. The van der Waals surface area contributed by atoms with Crippen molar-refractivity contribution in [1.82, 2.24) is 4.90 Å². The Morgan fingerprint density at radius 2 is 2.10 bits per heavy atom. The van der Waals surface area contributed by atoms with Crippen molar-refractivity contribution in [1.29, 1.82) is 0 Å². The van der Waals surface area contributed by atoms with Crippen LogP contribution in [-0.4, -0.2) is 42.1 Å². The first-order valence-electron chi connectivity index (χ1n) is 6.30. The number of ether oxygens (including phenoxy) is 1. The van der Waals surface area contributed by atoms with Crippen LogP contribution in [0.4, 0.5) is 4.39 Å². The number of carboxylic acid groups (broad SMARTS) is 1. The Balaban J connectivity index is 2.86. The van der Waals surface area contributed by atoms with Crippen LogP contribution in [0.25, 0.3) is 0 Å². The first-order valence-corrected chi connectivity index (χ1v) is 6.30. The third-order valence-corrected chi connectivity index (χ3v) is 2.76. The summed E-state index contributed by atoms with van der Waals surface area (Å²) in [6.07, 6.45) is 0.563. The maximum absolute atomic E-state index is 13.2.